The highest BCUT2D eigenvalue weighted by molar-refractivity contribution is 9.11. The van der Waals surface area contributed by atoms with Gasteiger partial charge in [0.15, 0.2) is 0 Å². The van der Waals surface area contributed by atoms with Crippen LogP contribution in [0.3, 0.4) is 0 Å². The molecule has 116 valence electrons. The molecule has 0 atom stereocenters. The maximum atomic E-state index is 11.8. The van der Waals surface area contributed by atoms with Crippen molar-refractivity contribution in [3.05, 3.63) is 56.2 Å². The second kappa shape index (κ2) is 8.36. The zero-order valence-corrected chi connectivity index (χ0v) is 15.1. The molecule has 0 unspecified atom stereocenters. The van der Waals surface area contributed by atoms with E-state index in [1.54, 1.807) is 12.1 Å². The number of hydrogen-bond acceptors (Lipinski definition) is 4. The van der Waals surface area contributed by atoms with Crippen LogP contribution in [0.15, 0.2) is 40.2 Å². The first-order valence-corrected chi connectivity index (χ1v) is 9.29. The number of halogens is 1. The summed E-state index contributed by atoms with van der Waals surface area (Å²) in [6.07, 6.45) is 0. The third-order valence-electron chi connectivity index (χ3n) is 2.70. The van der Waals surface area contributed by atoms with Gasteiger partial charge in [-0.3, -0.25) is 20.4 Å². The molecule has 1 heterocycles. The topological polar surface area (TPSA) is 58.2 Å². The van der Waals surface area contributed by atoms with Crippen LogP contribution < -0.4 is 10.9 Å². The van der Waals surface area contributed by atoms with Crippen molar-refractivity contribution in [1.82, 2.24) is 10.9 Å². The van der Waals surface area contributed by atoms with E-state index in [1.165, 1.54) is 34.2 Å². The molecule has 22 heavy (non-hydrogen) atoms. The van der Waals surface area contributed by atoms with E-state index in [0.717, 1.165) is 9.54 Å². The molecule has 0 radical (unpaired) electrons. The Labute approximate surface area is 145 Å². The lowest BCUT2D eigenvalue weighted by atomic mass is 10.2. The molecule has 2 amide bonds. The summed E-state index contributed by atoms with van der Waals surface area (Å²) in [5.41, 5.74) is 7.22. The maximum Gasteiger partial charge on any atom is 0.279 e. The lowest BCUT2D eigenvalue weighted by Gasteiger charge is -2.06. The number of rotatable bonds is 5. The third kappa shape index (κ3) is 5.47. The fourth-order valence-corrected chi connectivity index (χ4v) is 3.78. The lowest BCUT2D eigenvalue weighted by Crippen LogP contribution is -2.42. The van der Waals surface area contributed by atoms with E-state index in [9.17, 15) is 9.59 Å². The number of carbonyl (C=O) groups excluding carboxylic acids is 2. The predicted octanol–water partition coefficient (Wildman–Crippen LogP) is 3.51. The molecule has 2 rings (SSSR count). The van der Waals surface area contributed by atoms with Gasteiger partial charge < -0.3 is 0 Å². The summed E-state index contributed by atoms with van der Waals surface area (Å²) in [4.78, 5) is 24.0. The average Bonchev–Trinajstić information content (AvgIpc) is 2.91. The highest BCUT2D eigenvalue weighted by atomic mass is 79.9. The number of thiophene rings is 1. The van der Waals surface area contributed by atoms with Crippen LogP contribution >= 0.6 is 39.0 Å². The Morgan fingerprint density at radius 2 is 2.05 bits per heavy atom. The zero-order chi connectivity index (χ0) is 15.9. The Balaban J connectivity index is 1.69. The Morgan fingerprint density at radius 3 is 2.73 bits per heavy atom. The van der Waals surface area contributed by atoms with Gasteiger partial charge in [0.1, 0.15) is 0 Å². The Morgan fingerprint density at radius 1 is 1.23 bits per heavy atom. The molecule has 0 aliphatic carbocycles. The minimum Gasteiger partial charge on any atom is -0.272 e. The van der Waals surface area contributed by atoms with Crippen LogP contribution in [0.2, 0.25) is 0 Å². The monoisotopic (exact) mass is 398 g/mol. The van der Waals surface area contributed by atoms with Crippen molar-refractivity contribution >= 4 is 50.8 Å². The first-order chi connectivity index (χ1) is 10.5. The summed E-state index contributed by atoms with van der Waals surface area (Å²) in [6.45, 7) is 2.04. The first-order valence-electron chi connectivity index (χ1n) is 6.52. The van der Waals surface area contributed by atoms with E-state index in [4.69, 9.17) is 0 Å². The van der Waals surface area contributed by atoms with Gasteiger partial charge in [-0.2, -0.15) is 0 Å². The van der Waals surface area contributed by atoms with Crippen LogP contribution in [0.5, 0.6) is 0 Å². The van der Waals surface area contributed by atoms with E-state index >= 15 is 0 Å². The van der Waals surface area contributed by atoms with Crippen molar-refractivity contribution in [3.8, 4) is 0 Å². The van der Waals surface area contributed by atoms with Crippen molar-refractivity contribution in [2.45, 2.75) is 12.7 Å². The fraction of sp³-hybridized carbons (Fsp3) is 0.200. The Bertz CT molecular complexity index is 673. The fourth-order valence-electron chi connectivity index (χ4n) is 1.72. The van der Waals surface area contributed by atoms with Gasteiger partial charge >= 0.3 is 0 Å². The van der Waals surface area contributed by atoms with E-state index < -0.39 is 0 Å². The lowest BCUT2D eigenvalue weighted by molar-refractivity contribution is -0.119. The SMILES string of the molecule is Cc1cccc(CSCC(=O)NNC(=O)c2ccc(Br)s2)c1. The van der Waals surface area contributed by atoms with Crippen LogP contribution in [0.1, 0.15) is 20.8 Å². The minimum absolute atomic E-state index is 0.221. The molecule has 4 nitrogen and oxygen atoms in total. The summed E-state index contributed by atoms with van der Waals surface area (Å²) < 4.78 is 0.873. The van der Waals surface area contributed by atoms with Gasteiger partial charge in [0.2, 0.25) is 5.91 Å². The van der Waals surface area contributed by atoms with Gasteiger partial charge in [-0.1, -0.05) is 29.8 Å². The molecule has 0 fully saturated rings. The standard InChI is InChI=1S/C15H15BrN2O2S2/c1-10-3-2-4-11(7-10)8-21-9-14(19)17-18-15(20)12-5-6-13(16)22-12/h2-7H,8-9H2,1H3,(H,17,19)(H,18,20). The normalized spacial score (nSPS) is 10.3. The Hall–Kier alpha value is -1.31. The number of hydrogen-bond donors (Lipinski definition) is 2. The second-order valence-corrected chi connectivity index (χ2v) is 8.04. The summed E-state index contributed by atoms with van der Waals surface area (Å²) in [5, 5.41) is 0. The molecule has 0 bridgehead atoms. The predicted molar refractivity (Wildman–Crippen MR) is 95.0 cm³/mol. The van der Waals surface area contributed by atoms with Gasteiger partial charge in [0, 0.05) is 5.75 Å². The smallest absolute Gasteiger partial charge is 0.272 e. The average molecular weight is 399 g/mol. The van der Waals surface area contributed by atoms with Crippen LogP contribution in [-0.2, 0) is 10.5 Å². The van der Waals surface area contributed by atoms with Crippen molar-refractivity contribution in [2.75, 3.05) is 5.75 Å². The molecule has 7 heteroatoms. The van der Waals surface area contributed by atoms with Gasteiger partial charge in [-0.15, -0.1) is 23.1 Å². The number of hydrazine groups is 1. The van der Waals surface area contributed by atoms with Gasteiger partial charge in [0.05, 0.1) is 14.4 Å². The van der Waals surface area contributed by atoms with E-state index in [0.29, 0.717) is 10.6 Å². The zero-order valence-electron chi connectivity index (χ0n) is 11.9. The molecular weight excluding hydrogens is 384 g/mol. The molecule has 0 spiro atoms. The van der Waals surface area contributed by atoms with E-state index in [-0.39, 0.29) is 11.8 Å². The molecule has 2 N–H and O–H groups in total. The third-order valence-corrected chi connectivity index (χ3v) is 5.32. The number of nitrogens with one attached hydrogen (secondary N) is 2. The minimum atomic E-state index is -0.312. The van der Waals surface area contributed by atoms with Crippen LogP contribution in [0, 0.1) is 6.92 Å². The molecule has 0 saturated heterocycles. The largest absolute Gasteiger partial charge is 0.279 e. The quantitative estimate of drug-likeness (QED) is 0.757. The second-order valence-electron chi connectivity index (χ2n) is 4.59. The van der Waals surface area contributed by atoms with Gasteiger partial charge in [-0.05, 0) is 40.5 Å². The van der Waals surface area contributed by atoms with Crippen molar-refractivity contribution < 1.29 is 9.59 Å². The molecule has 2 aromatic rings. The molecular formula is C15H15BrN2O2S2. The molecule has 1 aromatic carbocycles. The van der Waals surface area contributed by atoms with Gasteiger partial charge in [0.25, 0.3) is 5.91 Å². The summed E-state index contributed by atoms with van der Waals surface area (Å²) in [6, 6.07) is 11.7. The molecule has 0 saturated carbocycles. The molecule has 0 aliphatic heterocycles. The first kappa shape index (κ1) is 17.1. The van der Waals surface area contributed by atoms with Crippen LogP contribution in [0.25, 0.3) is 0 Å². The molecule has 0 aliphatic rings. The number of benzene rings is 1. The highest BCUT2D eigenvalue weighted by Crippen LogP contribution is 2.21. The van der Waals surface area contributed by atoms with E-state index in [2.05, 4.69) is 32.8 Å². The molecule has 1 aromatic heterocycles. The maximum absolute atomic E-state index is 11.8. The Kier molecular flexibility index (Phi) is 6.48. The van der Waals surface area contributed by atoms with Crippen molar-refractivity contribution in [1.29, 1.82) is 0 Å². The van der Waals surface area contributed by atoms with Crippen LogP contribution in [0.4, 0.5) is 0 Å². The number of thioether (sulfide) groups is 1. The summed E-state index contributed by atoms with van der Waals surface area (Å²) in [5.74, 6) is 0.526. The number of amides is 2. The number of carbonyl (C=O) groups is 2. The summed E-state index contributed by atoms with van der Waals surface area (Å²) in [7, 11) is 0. The van der Waals surface area contributed by atoms with Crippen molar-refractivity contribution in [3.63, 3.8) is 0 Å². The van der Waals surface area contributed by atoms with Crippen LogP contribution in [-0.4, -0.2) is 17.6 Å². The number of aryl methyl sites for hydroxylation is 1. The van der Waals surface area contributed by atoms with Gasteiger partial charge in [-0.25, -0.2) is 0 Å². The summed E-state index contributed by atoms with van der Waals surface area (Å²) >= 11 is 6.11. The van der Waals surface area contributed by atoms with E-state index in [1.807, 2.05) is 25.1 Å². The highest BCUT2D eigenvalue weighted by Gasteiger charge is 2.09. The van der Waals surface area contributed by atoms with Crippen molar-refractivity contribution in [2.24, 2.45) is 0 Å².